The fourth-order valence-electron chi connectivity index (χ4n) is 3.78. The van der Waals surface area contributed by atoms with Crippen LogP contribution in [0.25, 0.3) is 11.4 Å². The first kappa shape index (κ1) is 19.2. The van der Waals surface area contributed by atoms with Crippen LogP contribution in [0.2, 0.25) is 0 Å². The number of fused-ring (bicyclic) bond motifs is 1. The van der Waals surface area contributed by atoms with E-state index >= 15 is 0 Å². The van der Waals surface area contributed by atoms with E-state index in [4.69, 9.17) is 14.7 Å². The van der Waals surface area contributed by atoms with E-state index in [-0.39, 0.29) is 5.75 Å². The lowest BCUT2D eigenvalue weighted by atomic mass is 10.0. The Hall–Kier alpha value is -3.12. The van der Waals surface area contributed by atoms with Crippen molar-refractivity contribution in [1.82, 2.24) is 14.9 Å². The number of hydrogen-bond acceptors (Lipinski definition) is 6. The maximum atomic E-state index is 10.3. The quantitative estimate of drug-likeness (QED) is 0.720. The van der Waals surface area contributed by atoms with Gasteiger partial charge in [0.1, 0.15) is 17.3 Å². The average molecular weight is 390 g/mol. The first-order chi connectivity index (χ1) is 14.0. The van der Waals surface area contributed by atoms with E-state index in [1.165, 1.54) is 11.1 Å². The second-order valence-electron chi connectivity index (χ2n) is 7.52. The van der Waals surface area contributed by atoms with Gasteiger partial charge in [0.2, 0.25) is 0 Å². The Labute approximate surface area is 171 Å². The predicted octanol–water partition coefficient (Wildman–Crippen LogP) is 3.48. The number of methoxy groups -OCH3 is 1. The van der Waals surface area contributed by atoms with E-state index in [9.17, 15) is 5.11 Å². The van der Waals surface area contributed by atoms with Gasteiger partial charge in [0, 0.05) is 39.3 Å². The monoisotopic (exact) mass is 390 g/mol. The van der Waals surface area contributed by atoms with Crippen LogP contribution >= 0.6 is 0 Å². The van der Waals surface area contributed by atoms with Gasteiger partial charge in [-0.25, -0.2) is 9.97 Å². The molecular weight excluding hydrogens is 364 g/mol. The van der Waals surface area contributed by atoms with Gasteiger partial charge in [-0.2, -0.15) is 0 Å². The van der Waals surface area contributed by atoms with Crippen LogP contribution in [0.3, 0.4) is 0 Å². The molecule has 4 rings (SSSR count). The first-order valence-corrected chi connectivity index (χ1v) is 9.76. The summed E-state index contributed by atoms with van der Waals surface area (Å²) in [4.78, 5) is 14.0. The minimum Gasteiger partial charge on any atom is -0.507 e. The van der Waals surface area contributed by atoms with Crippen LogP contribution < -0.4 is 9.64 Å². The van der Waals surface area contributed by atoms with Crippen molar-refractivity contribution in [2.24, 2.45) is 0 Å². The Bertz CT molecular complexity index is 1020. The SMILES string of the molecule is COc1cccc(CN2CCc3c(nc(-c4ccccc4O)nc3N(C)C)C2)c1. The maximum absolute atomic E-state index is 10.3. The van der Waals surface area contributed by atoms with Crippen LogP contribution in [-0.2, 0) is 19.5 Å². The zero-order valence-corrected chi connectivity index (χ0v) is 17.1. The highest BCUT2D eigenvalue weighted by Gasteiger charge is 2.24. The van der Waals surface area contributed by atoms with Crippen molar-refractivity contribution in [3.8, 4) is 22.9 Å². The molecule has 150 valence electrons. The molecule has 0 fully saturated rings. The lowest BCUT2D eigenvalue weighted by molar-refractivity contribution is 0.241. The molecule has 2 aromatic carbocycles. The molecular formula is C23H26N4O2. The normalized spacial score (nSPS) is 13.8. The minimum atomic E-state index is 0.196. The zero-order chi connectivity index (χ0) is 20.4. The molecule has 0 aliphatic carbocycles. The second kappa shape index (κ2) is 8.09. The van der Waals surface area contributed by atoms with Crippen molar-refractivity contribution in [3.05, 3.63) is 65.4 Å². The highest BCUT2D eigenvalue weighted by molar-refractivity contribution is 5.66. The van der Waals surface area contributed by atoms with Gasteiger partial charge in [-0.1, -0.05) is 24.3 Å². The number of rotatable bonds is 5. The number of phenolic OH excluding ortho intramolecular Hbond substituents is 1. The third-order valence-electron chi connectivity index (χ3n) is 5.23. The number of aromatic hydroxyl groups is 1. The fourth-order valence-corrected chi connectivity index (χ4v) is 3.78. The number of nitrogens with zero attached hydrogens (tertiary/aromatic N) is 4. The summed E-state index contributed by atoms with van der Waals surface area (Å²) in [5, 5.41) is 10.3. The van der Waals surface area contributed by atoms with Gasteiger partial charge in [-0.3, -0.25) is 4.90 Å². The van der Waals surface area contributed by atoms with Gasteiger partial charge in [-0.05, 0) is 36.2 Å². The van der Waals surface area contributed by atoms with Crippen molar-refractivity contribution in [1.29, 1.82) is 0 Å². The molecule has 1 aliphatic rings. The summed E-state index contributed by atoms with van der Waals surface area (Å²) in [5.74, 6) is 2.56. The predicted molar refractivity (Wildman–Crippen MR) is 114 cm³/mol. The highest BCUT2D eigenvalue weighted by atomic mass is 16.5. The van der Waals surface area contributed by atoms with E-state index in [1.807, 2.05) is 43.3 Å². The topological polar surface area (TPSA) is 61.7 Å². The number of benzene rings is 2. The van der Waals surface area contributed by atoms with Crippen molar-refractivity contribution in [2.75, 3.05) is 32.6 Å². The number of phenols is 1. The molecule has 6 heteroatoms. The van der Waals surface area contributed by atoms with Crippen molar-refractivity contribution in [3.63, 3.8) is 0 Å². The third kappa shape index (κ3) is 4.03. The van der Waals surface area contributed by atoms with Crippen molar-refractivity contribution in [2.45, 2.75) is 19.5 Å². The molecule has 0 bridgehead atoms. The molecule has 2 heterocycles. The lowest BCUT2D eigenvalue weighted by Crippen LogP contribution is -2.32. The van der Waals surface area contributed by atoms with Gasteiger partial charge in [0.05, 0.1) is 18.4 Å². The van der Waals surface area contributed by atoms with Crippen LogP contribution in [0.4, 0.5) is 5.82 Å². The van der Waals surface area contributed by atoms with Gasteiger partial charge in [-0.15, -0.1) is 0 Å². The summed E-state index contributed by atoms with van der Waals surface area (Å²) in [6.45, 7) is 2.53. The fraction of sp³-hybridized carbons (Fsp3) is 0.304. The summed E-state index contributed by atoms with van der Waals surface area (Å²) in [6.07, 6.45) is 0.897. The summed E-state index contributed by atoms with van der Waals surface area (Å²) in [5.41, 5.74) is 4.09. The van der Waals surface area contributed by atoms with Crippen LogP contribution in [0.15, 0.2) is 48.5 Å². The number of hydrogen-bond donors (Lipinski definition) is 1. The maximum Gasteiger partial charge on any atom is 0.165 e. The largest absolute Gasteiger partial charge is 0.507 e. The van der Waals surface area contributed by atoms with E-state index < -0.39 is 0 Å². The average Bonchev–Trinajstić information content (AvgIpc) is 2.73. The molecule has 1 aliphatic heterocycles. The summed E-state index contributed by atoms with van der Waals surface area (Å²) < 4.78 is 5.35. The van der Waals surface area contributed by atoms with Gasteiger partial charge in [0.15, 0.2) is 5.82 Å². The lowest BCUT2D eigenvalue weighted by Gasteiger charge is -2.30. The Morgan fingerprint density at radius 1 is 1.10 bits per heavy atom. The van der Waals surface area contributed by atoms with Gasteiger partial charge < -0.3 is 14.7 Å². The van der Waals surface area contributed by atoms with Crippen LogP contribution in [0.1, 0.15) is 16.8 Å². The molecule has 0 spiro atoms. The minimum absolute atomic E-state index is 0.196. The van der Waals surface area contributed by atoms with Gasteiger partial charge in [0.25, 0.3) is 0 Å². The van der Waals surface area contributed by atoms with Crippen molar-refractivity contribution < 1.29 is 9.84 Å². The molecule has 0 amide bonds. The molecule has 0 radical (unpaired) electrons. The number of ether oxygens (including phenoxy) is 1. The van der Waals surface area contributed by atoms with E-state index in [0.29, 0.717) is 11.4 Å². The van der Waals surface area contributed by atoms with E-state index in [1.54, 1.807) is 19.2 Å². The van der Waals surface area contributed by atoms with Crippen molar-refractivity contribution >= 4 is 5.82 Å². The highest BCUT2D eigenvalue weighted by Crippen LogP contribution is 2.32. The number of aromatic nitrogens is 2. The summed E-state index contributed by atoms with van der Waals surface area (Å²) in [6, 6.07) is 15.4. The summed E-state index contributed by atoms with van der Waals surface area (Å²) in [7, 11) is 5.69. The van der Waals surface area contributed by atoms with Gasteiger partial charge >= 0.3 is 0 Å². The molecule has 29 heavy (non-hydrogen) atoms. The molecule has 3 aromatic rings. The third-order valence-corrected chi connectivity index (χ3v) is 5.23. The Morgan fingerprint density at radius 3 is 2.69 bits per heavy atom. The molecule has 0 saturated carbocycles. The van der Waals surface area contributed by atoms with Crippen LogP contribution in [0, 0.1) is 0 Å². The molecule has 0 unspecified atom stereocenters. The molecule has 0 saturated heterocycles. The second-order valence-corrected chi connectivity index (χ2v) is 7.52. The number of anilines is 1. The Balaban J connectivity index is 1.66. The van der Waals surface area contributed by atoms with E-state index in [0.717, 1.165) is 43.3 Å². The standard InChI is InChI=1S/C23H26N4O2/c1-26(2)23-18-11-12-27(14-16-7-6-8-17(13-16)29-3)15-20(18)24-22(25-23)19-9-4-5-10-21(19)28/h4-10,13,28H,11-12,14-15H2,1-3H3. The molecule has 0 atom stereocenters. The molecule has 1 aromatic heterocycles. The smallest absolute Gasteiger partial charge is 0.165 e. The Kier molecular flexibility index (Phi) is 5.36. The first-order valence-electron chi connectivity index (χ1n) is 9.76. The van der Waals surface area contributed by atoms with Crippen LogP contribution in [-0.4, -0.2) is 47.7 Å². The van der Waals surface area contributed by atoms with E-state index in [2.05, 4.69) is 17.0 Å². The molecule has 1 N–H and O–H groups in total. The van der Waals surface area contributed by atoms with Crippen LogP contribution in [0.5, 0.6) is 11.5 Å². The number of para-hydroxylation sites is 1. The molecule has 6 nitrogen and oxygen atoms in total. The zero-order valence-electron chi connectivity index (χ0n) is 17.1. The Morgan fingerprint density at radius 2 is 1.93 bits per heavy atom. The summed E-state index contributed by atoms with van der Waals surface area (Å²) >= 11 is 0.